The molecule has 29 heavy (non-hydrogen) atoms. The maximum Gasteiger partial charge on any atom is 0.252 e. The summed E-state index contributed by atoms with van der Waals surface area (Å²) in [6.07, 6.45) is 0. The van der Waals surface area contributed by atoms with E-state index in [1.807, 2.05) is 19.1 Å². The van der Waals surface area contributed by atoms with E-state index in [-0.39, 0.29) is 17.2 Å². The third-order valence-corrected chi connectivity index (χ3v) is 6.93. The summed E-state index contributed by atoms with van der Waals surface area (Å²) in [6, 6.07) is 7.37. The predicted octanol–water partition coefficient (Wildman–Crippen LogP) is 3.89. The third kappa shape index (κ3) is 3.82. The lowest BCUT2D eigenvalue weighted by atomic mass is 10.2. The average molecular weight is 467 g/mol. The molecule has 12 heteroatoms. The van der Waals surface area contributed by atoms with Crippen LogP contribution in [0.15, 0.2) is 24.3 Å². The molecule has 0 bridgehead atoms. The molecule has 0 aliphatic carbocycles. The van der Waals surface area contributed by atoms with Gasteiger partial charge in [0.1, 0.15) is 5.37 Å². The maximum absolute atomic E-state index is 12.8. The van der Waals surface area contributed by atoms with Crippen LogP contribution < -0.4 is 10.3 Å². The molecule has 1 saturated heterocycles. The fourth-order valence-corrected chi connectivity index (χ4v) is 5.41. The number of amides is 2. The molecule has 2 N–H and O–H groups in total. The molecule has 0 spiro atoms. The minimum absolute atomic E-state index is 0.0852. The second-order valence-electron chi connectivity index (χ2n) is 6.23. The van der Waals surface area contributed by atoms with E-state index in [1.165, 1.54) is 30.0 Å². The first-order valence-electron chi connectivity index (χ1n) is 8.47. The summed E-state index contributed by atoms with van der Waals surface area (Å²) in [6.45, 7) is 3.24. The number of carbonyl (C=O) groups is 2. The van der Waals surface area contributed by atoms with Gasteiger partial charge in [0, 0.05) is 11.9 Å². The van der Waals surface area contributed by atoms with Gasteiger partial charge in [0.2, 0.25) is 10.7 Å². The molecule has 3 heterocycles. The van der Waals surface area contributed by atoms with Crippen molar-refractivity contribution in [1.29, 1.82) is 0 Å². The highest BCUT2D eigenvalue weighted by Gasteiger charge is 2.37. The van der Waals surface area contributed by atoms with E-state index in [2.05, 4.69) is 20.5 Å². The van der Waals surface area contributed by atoms with Gasteiger partial charge in [-0.1, -0.05) is 35.1 Å². The van der Waals surface area contributed by atoms with Gasteiger partial charge in [-0.25, -0.2) is 19.8 Å². The summed E-state index contributed by atoms with van der Waals surface area (Å²) in [7, 11) is 0. The van der Waals surface area contributed by atoms with E-state index in [0.717, 1.165) is 5.56 Å². The molecule has 3 aromatic rings. The summed E-state index contributed by atoms with van der Waals surface area (Å²) in [4.78, 5) is 29.2. The highest BCUT2D eigenvalue weighted by atomic mass is 35.5. The van der Waals surface area contributed by atoms with Crippen LogP contribution in [0.3, 0.4) is 0 Å². The number of rotatable bonds is 4. The molecule has 1 aromatic carbocycles. The van der Waals surface area contributed by atoms with E-state index in [4.69, 9.17) is 23.8 Å². The lowest BCUT2D eigenvalue weighted by Gasteiger charge is -2.25. The van der Waals surface area contributed by atoms with Gasteiger partial charge in [-0.2, -0.15) is 5.10 Å². The molecule has 0 radical (unpaired) electrons. The number of thioether (sulfide) groups is 1. The van der Waals surface area contributed by atoms with Crippen LogP contribution in [0.2, 0.25) is 5.02 Å². The summed E-state index contributed by atoms with van der Waals surface area (Å²) in [5.41, 5.74) is 1.61. The zero-order valence-electron chi connectivity index (χ0n) is 15.3. The Balaban J connectivity index is 1.79. The van der Waals surface area contributed by atoms with Crippen molar-refractivity contribution >= 4 is 63.9 Å². The molecule has 2 amide bonds. The second kappa shape index (κ2) is 7.90. The molecule has 0 saturated carbocycles. The van der Waals surface area contributed by atoms with Crippen molar-refractivity contribution < 1.29 is 9.59 Å². The number of carbonyl (C=O) groups excluding carboxylic acids is 2. The van der Waals surface area contributed by atoms with Crippen LogP contribution in [-0.2, 0) is 9.59 Å². The average Bonchev–Trinajstić information content (AvgIpc) is 3.32. The third-order valence-electron chi connectivity index (χ3n) is 4.15. The van der Waals surface area contributed by atoms with E-state index in [9.17, 15) is 9.59 Å². The van der Waals surface area contributed by atoms with Crippen molar-refractivity contribution in [2.75, 3.05) is 16.1 Å². The Bertz CT molecular complexity index is 1150. The number of aromatic amines is 1. The fourth-order valence-electron chi connectivity index (χ4n) is 2.95. The van der Waals surface area contributed by atoms with Gasteiger partial charge in [0.15, 0.2) is 11.0 Å². The fraction of sp³-hybridized carbons (Fsp3) is 0.235. The number of thiazole rings is 1. The Kier molecular flexibility index (Phi) is 5.47. The Morgan fingerprint density at radius 2 is 2.10 bits per heavy atom. The SMILES string of the molecule is CC(=O)Nc1nc(C)c(-c2n[nH]c(=S)n2N2C(=O)CSC2c2ccc(Cl)cc2)s1. The van der Waals surface area contributed by atoms with Crippen LogP contribution in [0.25, 0.3) is 10.7 Å². The minimum Gasteiger partial charge on any atom is -0.302 e. The first kappa shape index (κ1) is 20.1. The number of H-pyrrole nitrogens is 1. The summed E-state index contributed by atoms with van der Waals surface area (Å²) < 4.78 is 1.90. The van der Waals surface area contributed by atoms with Crippen LogP contribution in [0, 0.1) is 11.7 Å². The number of aromatic nitrogens is 4. The van der Waals surface area contributed by atoms with Gasteiger partial charge in [-0.15, -0.1) is 11.8 Å². The number of benzene rings is 1. The number of halogens is 1. The van der Waals surface area contributed by atoms with E-state index in [0.29, 0.717) is 37.1 Å². The Hall–Kier alpha value is -2.21. The molecule has 150 valence electrons. The first-order valence-corrected chi connectivity index (χ1v) is 11.1. The Morgan fingerprint density at radius 1 is 1.38 bits per heavy atom. The molecule has 8 nitrogen and oxygen atoms in total. The van der Waals surface area contributed by atoms with Crippen molar-refractivity contribution in [1.82, 2.24) is 19.9 Å². The van der Waals surface area contributed by atoms with Gasteiger partial charge in [-0.3, -0.25) is 9.59 Å². The van der Waals surface area contributed by atoms with E-state index >= 15 is 0 Å². The topological polar surface area (TPSA) is 95.9 Å². The van der Waals surface area contributed by atoms with Gasteiger partial charge in [-0.05, 0) is 36.8 Å². The molecule has 1 unspecified atom stereocenters. The van der Waals surface area contributed by atoms with Gasteiger partial charge >= 0.3 is 0 Å². The number of anilines is 1. The van der Waals surface area contributed by atoms with Gasteiger partial charge < -0.3 is 5.32 Å². The zero-order valence-corrected chi connectivity index (χ0v) is 18.5. The normalized spacial score (nSPS) is 16.4. The highest BCUT2D eigenvalue weighted by molar-refractivity contribution is 8.00. The van der Waals surface area contributed by atoms with Crippen LogP contribution in [-0.4, -0.2) is 37.4 Å². The second-order valence-corrected chi connectivity index (χ2v) is 9.12. The van der Waals surface area contributed by atoms with Crippen molar-refractivity contribution in [3.63, 3.8) is 0 Å². The first-order chi connectivity index (χ1) is 13.8. The maximum atomic E-state index is 12.8. The van der Waals surface area contributed by atoms with Crippen LogP contribution >= 0.6 is 46.9 Å². The molecule has 1 fully saturated rings. The number of nitrogens with zero attached hydrogens (tertiary/aromatic N) is 4. The molecule has 1 aliphatic rings. The Morgan fingerprint density at radius 3 is 2.79 bits per heavy atom. The van der Waals surface area contributed by atoms with Crippen LogP contribution in [0.4, 0.5) is 5.13 Å². The van der Waals surface area contributed by atoms with Gasteiger partial charge in [0.05, 0.1) is 16.3 Å². The minimum atomic E-state index is -0.272. The molecule has 1 aliphatic heterocycles. The van der Waals surface area contributed by atoms with E-state index < -0.39 is 0 Å². The lowest BCUT2D eigenvalue weighted by molar-refractivity contribution is -0.117. The largest absolute Gasteiger partial charge is 0.302 e. The highest BCUT2D eigenvalue weighted by Crippen LogP contribution is 2.40. The van der Waals surface area contributed by atoms with Crippen molar-refractivity contribution in [2.24, 2.45) is 0 Å². The number of aryl methyl sites for hydroxylation is 1. The zero-order chi connectivity index (χ0) is 20.7. The summed E-state index contributed by atoms with van der Waals surface area (Å²) >= 11 is 14.2. The molecule has 4 rings (SSSR count). The van der Waals surface area contributed by atoms with Crippen molar-refractivity contribution in [3.8, 4) is 10.7 Å². The molecule has 1 atom stereocenters. The Labute approximate surface area is 184 Å². The quantitative estimate of drug-likeness (QED) is 0.566. The predicted molar refractivity (Wildman–Crippen MR) is 117 cm³/mol. The van der Waals surface area contributed by atoms with Gasteiger partial charge in [0.25, 0.3) is 5.91 Å². The molecular weight excluding hydrogens is 452 g/mol. The lowest BCUT2D eigenvalue weighted by Crippen LogP contribution is -2.38. The molecular formula is C17H15ClN6O2S3. The standard InChI is InChI=1S/C17H15ClN6O2S3/c1-8-13(29-16(19-8)20-9(2)25)14-21-22-17(27)24(14)23-12(26)7-28-15(23)10-3-5-11(18)6-4-10/h3-6,15H,7H2,1-2H3,(H,22,27)(H,19,20,25). The van der Waals surface area contributed by atoms with Crippen LogP contribution in [0.5, 0.6) is 0 Å². The number of hydrogen-bond donors (Lipinski definition) is 2. The smallest absolute Gasteiger partial charge is 0.252 e. The number of nitrogens with one attached hydrogen (secondary N) is 2. The van der Waals surface area contributed by atoms with Crippen molar-refractivity contribution in [2.45, 2.75) is 19.2 Å². The molecule has 2 aromatic heterocycles. The summed E-state index contributed by atoms with van der Waals surface area (Å²) in [5, 5.41) is 12.2. The van der Waals surface area contributed by atoms with Crippen LogP contribution in [0.1, 0.15) is 23.6 Å². The van der Waals surface area contributed by atoms with Crippen molar-refractivity contribution in [3.05, 3.63) is 45.3 Å². The summed E-state index contributed by atoms with van der Waals surface area (Å²) in [5.74, 6) is 0.492. The van der Waals surface area contributed by atoms with E-state index in [1.54, 1.807) is 21.8 Å². The monoisotopic (exact) mass is 466 g/mol. The number of hydrogen-bond acceptors (Lipinski definition) is 7.